The first kappa shape index (κ1) is 20.7. The SMILES string of the molecule is CCc1cc(-c2cc(NC(=O)N3CCCC3)ccc2F)nc2ncc(N3CCOCC3)n12. The average Bonchev–Trinajstić information content (AvgIpc) is 3.51. The Bertz CT molecular complexity index is 1130. The lowest BCUT2D eigenvalue weighted by Crippen LogP contribution is -2.37. The van der Waals surface area contributed by atoms with Crippen LogP contribution in [0.25, 0.3) is 17.0 Å². The van der Waals surface area contributed by atoms with E-state index in [1.807, 2.05) is 16.7 Å². The summed E-state index contributed by atoms with van der Waals surface area (Å²) in [6, 6.07) is 6.35. The molecule has 32 heavy (non-hydrogen) atoms. The van der Waals surface area contributed by atoms with Crippen LogP contribution in [0, 0.1) is 5.82 Å². The molecule has 0 atom stereocenters. The second-order valence-electron chi connectivity index (χ2n) is 8.16. The average molecular weight is 439 g/mol. The zero-order valence-electron chi connectivity index (χ0n) is 18.2. The second-order valence-corrected chi connectivity index (χ2v) is 8.16. The molecule has 0 spiro atoms. The lowest BCUT2D eigenvalue weighted by molar-refractivity contribution is 0.122. The van der Waals surface area contributed by atoms with Gasteiger partial charge in [-0.05, 0) is 43.5 Å². The molecule has 8 nitrogen and oxygen atoms in total. The van der Waals surface area contributed by atoms with Gasteiger partial charge in [0.1, 0.15) is 11.6 Å². The number of aryl methyl sites for hydroxylation is 1. The van der Waals surface area contributed by atoms with Crippen molar-refractivity contribution in [3.63, 3.8) is 0 Å². The molecule has 4 heterocycles. The minimum Gasteiger partial charge on any atom is -0.378 e. The van der Waals surface area contributed by atoms with E-state index in [4.69, 9.17) is 4.74 Å². The van der Waals surface area contributed by atoms with Gasteiger partial charge in [-0.3, -0.25) is 4.40 Å². The Hall–Kier alpha value is -3.20. The van der Waals surface area contributed by atoms with Crippen molar-refractivity contribution in [3.8, 4) is 11.3 Å². The fraction of sp³-hybridized carbons (Fsp3) is 0.435. The minimum atomic E-state index is -0.386. The zero-order chi connectivity index (χ0) is 22.1. The molecule has 2 fully saturated rings. The monoisotopic (exact) mass is 438 g/mol. The molecule has 2 aliphatic rings. The van der Waals surface area contributed by atoms with Crippen molar-refractivity contribution in [2.24, 2.45) is 0 Å². The number of nitrogens with zero attached hydrogens (tertiary/aromatic N) is 5. The zero-order valence-corrected chi connectivity index (χ0v) is 18.2. The number of benzene rings is 1. The van der Waals surface area contributed by atoms with Crippen molar-refractivity contribution in [1.82, 2.24) is 19.3 Å². The highest BCUT2D eigenvalue weighted by Gasteiger charge is 2.21. The van der Waals surface area contributed by atoms with E-state index in [9.17, 15) is 9.18 Å². The van der Waals surface area contributed by atoms with Gasteiger partial charge in [0.25, 0.3) is 0 Å². The number of anilines is 2. The van der Waals surface area contributed by atoms with Gasteiger partial charge >= 0.3 is 6.03 Å². The number of ether oxygens (including phenoxy) is 1. The third-order valence-electron chi connectivity index (χ3n) is 6.12. The van der Waals surface area contributed by atoms with Crippen LogP contribution in [-0.4, -0.2) is 64.7 Å². The summed E-state index contributed by atoms with van der Waals surface area (Å²) >= 11 is 0. The smallest absolute Gasteiger partial charge is 0.321 e. The number of hydrogen-bond donors (Lipinski definition) is 1. The van der Waals surface area contributed by atoms with Crippen LogP contribution in [0.3, 0.4) is 0 Å². The van der Waals surface area contributed by atoms with Crippen molar-refractivity contribution < 1.29 is 13.9 Å². The van der Waals surface area contributed by atoms with Gasteiger partial charge in [0, 0.05) is 43.1 Å². The van der Waals surface area contributed by atoms with Crippen LogP contribution in [0.4, 0.5) is 20.7 Å². The lowest BCUT2D eigenvalue weighted by atomic mass is 10.1. The van der Waals surface area contributed by atoms with Crippen molar-refractivity contribution >= 4 is 23.3 Å². The molecular formula is C23H27FN6O2. The Morgan fingerprint density at radius 2 is 1.94 bits per heavy atom. The predicted octanol–water partition coefficient (Wildman–Crippen LogP) is 3.56. The highest BCUT2D eigenvalue weighted by Crippen LogP contribution is 2.28. The summed E-state index contributed by atoms with van der Waals surface area (Å²) in [6.07, 6.45) is 4.59. The highest BCUT2D eigenvalue weighted by molar-refractivity contribution is 5.90. The van der Waals surface area contributed by atoms with Crippen LogP contribution in [0.5, 0.6) is 0 Å². The quantitative estimate of drug-likeness (QED) is 0.674. The second kappa shape index (κ2) is 8.74. The van der Waals surface area contributed by atoms with Crippen LogP contribution >= 0.6 is 0 Å². The Labute approximate surface area is 186 Å². The van der Waals surface area contributed by atoms with E-state index in [1.54, 1.807) is 17.0 Å². The van der Waals surface area contributed by atoms with Crippen molar-refractivity contribution in [2.45, 2.75) is 26.2 Å². The predicted molar refractivity (Wildman–Crippen MR) is 121 cm³/mol. The van der Waals surface area contributed by atoms with E-state index in [2.05, 4.69) is 27.1 Å². The van der Waals surface area contributed by atoms with E-state index in [0.29, 0.717) is 35.9 Å². The largest absolute Gasteiger partial charge is 0.378 e. The summed E-state index contributed by atoms with van der Waals surface area (Å²) in [6.45, 7) is 6.53. The van der Waals surface area contributed by atoms with Crippen LogP contribution in [0.2, 0.25) is 0 Å². The normalized spacial score (nSPS) is 16.7. The molecule has 1 N–H and O–H groups in total. The number of halogens is 1. The first-order valence-corrected chi connectivity index (χ1v) is 11.2. The van der Waals surface area contributed by atoms with Crippen molar-refractivity contribution in [1.29, 1.82) is 0 Å². The molecule has 9 heteroatoms. The summed E-state index contributed by atoms with van der Waals surface area (Å²) in [5, 5.41) is 2.89. The van der Waals surface area contributed by atoms with Crippen LogP contribution in [0.1, 0.15) is 25.5 Å². The van der Waals surface area contributed by atoms with Gasteiger partial charge in [-0.25, -0.2) is 19.2 Å². The number of carbonyl (C=O) groups is 1. The fourth-order valence-electron chi connectivity index (χ4n) is 4.39. The number of rotatable bonds is 4. The van der Waals surface area contributed by atoms with Gasteiger partial charge in [-0.2, -0.15) is 0 Å². The van der Waals surface area contributed by atoms with Gasteiger partial charge in [0.15, 0.2) is 0 Å². The number of morpholine rings is 1. The molecule has 2 saturated heterocycles. The van der Waals surface area contributed by atoms with Gasteiger partial charge in [-0.1, -0.05) is 6.92 Å². The maximum absolute atomic E-state index is 14.8. The molecule has 2 aliphatic heterocycles. The van der Waals surface area contributed by atoms with Gasteiger partial charge in [0.05, 0.1) is 25.1 Å². The Balaban J connectivity index is 1.49. The van der Waals surface area contributed by atoms with Gasteiger partial charge in [-0.15, -0.1) is 0 Å². The number of amides is 2. The van der Waals surface area contributed by atoms with Gasteiger partial charge in [0.2, 0.25) is 5.78 Å². The number of hydrogen-bond acceptors (Lipinski definition) is 5. The summed E-state index contributed by atoms with van der Waals surface area (Å²) in [5.74, 6) is 1.13. The third-order valence-corrected chi connectivity index (χ3v) is 6.12. The number of likely N-dealkylation sites (tertiary alicyclic amines) is 1. The van der Waals surface area contributed by atoms with E-state index in [-0.39, 0.29) is 11.8 Å². The van der Waals surface area contributed by atoms with E-state index < -0.39 is 0 Å². The summed E-state index contributed by atoms with van der Waals surface area (Å²) < 4.78 is 22.3. The van der Waals surface area contributed by atoms with E-state index >= 15 is 0 Å². The highest BCUT2D eigenvalue weighted by atomic mass is 19.1. The molecule has 0 bridgehead atoms. The minimum absolute atomic E-state index is 0.152. The number of fused-ring (bicyclic) bond motifs is 1. The lowest BCUT2D eigenvalue weighted by Gasteiger charge is -2.28. The first-order valence-electron chi connectivity index (χ1n) is 11.2. The molecule has 0 radical (unpaired) electrons. The van der Waals surface area contributed by atoms with Crippen molar-refractivity contribution in [2.75, 3.05) is 49.6 Å². The van der Waals surface area contributed by atoms with Gasteiger partial charge < -0.3 is 19.9 Å². The number of carbonyl (C=O) groups excluding carboxylic acids is 1. The van der Waals surface area contributed by atoms with E-state index in [1.165, 1.54) is 6.07 Å². The maximum atomic E-state index is 14.8. The third kappa shape index (κ3) is 3.88. The topological polar surface area (TPSA) is 75.0 Å². The molecule has 0 saturated carbocycles. The molecule has 0 unspecified atom stereocenters. The number of urea groups is 1. The molecule has 168 valence electrons. The first-order chi connectivity index (χ1) is 15.6. The summed E-state index contributed by atoms with van der Waals surface area (Å²) in [7, 11) is 0. The fourth-order valence-corrected chi connectivity index (χ4v) is 4.39. The van der Waals surface area contributed by atoms with Crippen LogP contribution < -0.4 is 10.2 Å². The van der Waals surface area contributed by atoms with Crippen molar-refractivity contribution in [3.05, 3.63) is 42.0 Å². The Kier molecular flexibility index (Phi) is 5.65. The van der Waals surface area contributed by atoms with Crippen LogP contribution in [0.15, 0.2) is 30.5 Å². The summed E-state index contributed by atoms with van der Waals surface area (Å²) in [5.41, 5.74) is 2.39. The summed E-state index contributed by atoms with van der Waals surface area (Å²) in [4.78, 5) is 25.6. The molecule has 1 aromatic carbocycles. The number of imidazole rings is 1. The van der Waals surface area contributed by atoms with Crippen LogP contribution in [-0.2, 0) is 11.2 Å². The molecule has 0 aliphatic carbocycles. The van der Waals surface area contributed by atoms with E-state index in [0.717, 1.165) is 57.0 Å². The molecular weight excluding hydrogens is 411 g/mol. The molecule has 2 amide bonds. The molecule has 5 rings (SSSR count). The Morgan fingerprint density at radius 1 is 1.16 bits per heavy atom. The maximum Gasteiger partial charge on any atom is 0.321 e. The number of aromatic nitrogens is 3. The molecule has 2 aromatic heterocycles. The number of nitrogens with one attached hydrogen (secondary N) is 1. The standard InChI is InChI=1S/C23H27FN6O2/c1-2-17-14-20(27-22-25-15-21(30(17)22)28-9-11-32-12-10-28)18-13-16(5-6-19(18)24)26-23(31)29-7-3-4-8-29/h5-6,13-15H,2-4,7-12H2,1H3,(H,26,31). The molecule has 3 aromatic rings. The Morgan fingerprint density at radius 3 is 2.69 bits per heavy atom.